The third-order valence-corrected chi connectivity index (χ3v) is 3.54. The van der Waals surface area contributed by atoms with Crippen LogP contribution in [0.25, 0.3) is 0 Å². The van der Waals surface area contributed by atoms with Crippen LogP contribution >= 0.6 is 0 Å². The van der Waals surface area contributed by atoms with Gasteiger partial charge < -0.3 is 10.0 Å². The fourth-order valence-corrected chi connectivity index (χ4v) is 2.41. The van der Waals surface area contributed by atoms with E-state index >= 15 is 0 Å². The zero-order chi connectivity index (χ0) is 13.8. The molecule has 1 N–H and O–H groups in total. The van der Waals surface area contributed by atoms with E-state index in [4.69, 9.17) is 5.11 Å². The molecule has 2 rings (SSSR count). The van der Waals surface area contributed by atoms with E-state index in [0.717, 1.165) is 18.4 Å². The number of amides is 1. The van der Waals surface area contributed by atoms with E-state index in [0.29, 0.717) is 12.5 Å². The summed E-state index contributed by atoms with van der Waals surface area (Å²) in [4.78, 5) is 24.8. The maximum Gasteiger partial charge on any atom is 0.323 e. The Morgan fingerprint density at radius 3 is 2.42 bits per heavy atom. The second-order valence-corrected chi connectivity index (χ2v) is 4.97. The number of hydrogen-bond donors (Lipinski definition) is 1. The first kappa shape index (κ1) is 13.6. The lowest BCUT2D eigenvalue weighted by Gasteiger charge is -2.25. The number of carboxylic acid groups (broad SMARTS) is 1. The van der Waals surface area contributed by atoms with Gasteiger partial charge >= 0.3 is 5.97 Å². The molecule has 0 saturated heterocycles. The number of aliphatic carboxylic acids is 1. The molecule has 0 spiro atoms. The highest BCUT2D eigenvalue weighted by Crippen LogP contribution is 2.43. The van der Waals surface area contributed by atoms with Crippen molar-refractivity contribution in [1.29, 1.82) is 0 Å². The van der Waals surface area contributed by atoms with Gasteiger partial charge in [-0.3, -0.25) is 9.59 Å². The summed E-state index contributed by atoms with van der Waals surface area (Å²) in [5.41, 5.74) is 0.999. The Balaban J connectivity index is 2.19. The van der Waals surface area contributed by atoms with Crippen LogP contribution in [-0.2, 0) is 9.59 Å². The zero-order valence-electron chi connectivity index (χ0n) is 11.1. The molecule has 1 amide bonds. The lowest BCUT2D eigenvalue weighted by Crippen LogP contribution is -2.39. The van der Waals surface area contributed by atoms with Gasteiger partial charge in [-0.1, -0.05) is 30.3 Å². The Morgan fingerprint density at radius 1 is 1.32 bits per heavy atom. The largest absolute Gasteiger partial charge is 0.480 e. The highest BCUT2D eigenvalue weighted by atomic mass is 16.4. The van der Waals surface area contributed by atoms with Gasteiger partial charge in [-0.05, 0) is 31.2 Å². The molecule has 4 heteroatoms. The van der Waals surface area contributed by atoms with Crippen LogP contribution in [0.3, 0.4) is 0 Å². The fourth-order valence-electron chi connectivity index (χ4n) is 2.41. The van der Waals surface area contributed by atoms with Gasteiger partial charge in [0.25, 0.3) is 0 Å². The maximum absolute atomic E-state index is 12.6. The average Bonchev–Trinajstić information content (AvgIpc) is 3.21. The molecule has 1 aliphatic carbocycles. The van der Waals surface area contributed by atoms with Crippen LogP contribution in [0, 0.1) is 5.92 Å². The molecule has 4 nitrogen and oxygen atoms in total. The third-order valence-electron chi connectivity index (χ3n) is 3.54. The monoisotopic (exact) mass is 261 g/mol. The van der Waals surface area contributed by atoms with Crippen molar-refractivity contribution in [2.24, 2.45) is 5.92 Å². The quantitative estimate of drug-likeness (QED) is 0.853. The van der Waals surface area contributed by atoms with Crippen LogP contribution in [0.1, 0.15) is 31.2 Å². The predicted molar refractivity (Wildman–Crippen MR) is 71.8 cm³/mol. The van der Waals surface area contributed by atoms with Gasteiger partial charge in [0, 0.05) is 6.54 Å². The molecule has 1 aromatic rings. The molecule has 19 heavy (non-hydrogen) atoms. The minimum absolute atomic E-state index is 0.0569. The number of nitrogens with zero attached hydrogens (tertiary/aromatic N) is 1. The van der Waals surface area contributed by atoms with Gasteiger partial charge in [-0.2, -0.15) is 0 Å². The Hall–Kier alpha value is -1.84. The van der Waals surface area contributed by atoms with Gasteiger partial charge in [-0.15, -0.1) is 0 Å². The SMILES string of the molecule is CCN(CC(=O)O)C(=O)C(c1ccccc1)C1CC1. The van der Waals surface area contributed by atoms with Crippen molar-refractivity contribution in [3.8, 4) is 0 Å². The first-order valence-electron chi connectivity index (χ1n) is 6.69. The maximum atomic E-state index is 12.6. The summed E-state index contributed by atoms with van der Waals surface area (Å²) in [5.74, 6) is -0.824. The van der Waals surface area contributed by atoms with E-state index in [1.807, 2.05) is 37.3 Å². The molecule has 1 fully saturated rings. The molecule has 1 atom stereocenters. The Morgan fingerprint density at radius 2 is 1.95 bits per heavy atom. The zero-order valence-corrected chi connectivity index (χ0v) is 11.1. The van der Waals surface area contributed by atoms with Crippen LogP contribution in [0.4, 0.5) is 0 Å². The Labute approximate surface area is 113 Å². The molecule has 1 unspecified atom stereocenters. The minimum atomic E-state index is -0.960. The van der Waals surface area contributed by atoms with Crippen molar-refractivity contribution in [1.82, 2.24) is 4.90 Å². The van der Waals surface area contributed by atoms with E-state index in [1.54, 1.807) is 0 Å². The third kappa shape index (κ3) is 3.34. The lowest BCUT2D eigenvalue weighted by atomic mass is 9.92. The highest BCUT2D eigenvalue weighted by molar-refractivity contribution is 5.87. The molecule has 0 aliphatic heterocycles. The van der Waals surface area contributed by atoms with Crippen LogP contribution in [0.15, 0.2) is 30.3 Å². The van der Waals surface area contributed by atoms with Gasteiger partial charge in [0.05, 0.1) is 5.92 Å². The molecule has 0 bridgehead atoms. The first-order valence-corrected chi connectivity index (χ1v) is 6.69. The van der Waals surface area contributed by atoms with E-state index in [1.165, 1.54) is 4.90 Å². The molecule has 1 saturated carbocycles. The second kappa shape index (κ2) is 5.87. The van der Waals surface area contributed by atoms with Crippen molar-refractivity contribution in [3.63, 3.8) is 0 Å². The summed E-state index contributed by atoms with van der Waals surface area (Å²) in [6.07, 6.45) is 2.10. The molecule has 0 aromatic heterocycles. The van der Waals surface area contributed by atoms with E-state index in [-0.39, 0.29) is 18.4 Å². The number of benzene rings is 1. The van der Waals surface area contributed by atoms with Crippen molar-refractivity contribution < 1.29 is 14.7 Å². The summed E-state index contributed by atoms with van der Waals surface area (Å²) in [5, 5.41) is 8.88. The molecule has 0 heterocycles. The molecular weight excluding hydrogens is 242 g/mol. The van der Waals surface area contributed by atoms with Crippen LogP contribution < -0.4 is 0 Å². The van der Waals surface area contributed by atoms with Crippen molar-refractivity contribution in [2.75, 3.05) is 13.1 Å². The molecule has 0 radical (unpaired) electrons. The normalized spacial score (nSPS) is 15.8. The first-order chi connectivity index (χ1) is 9.13. The van der Waals surface area contributed by atoms with Crippen molar-refractivity contribution in [2.45, 2.75) is 25.7 Å². The van der Waals surface area contributed by atoms with Gasteiger partial charge in [-0.25, -0.2) is 0 Å². The van der Waals surface area contributed by atoms with Crippen LogP contribution in [-0.4, -0.2) is 35.0 Å². The molecular formula is C15H19NO3. The van der Waals surface area contributed by atoms with Gasteiger partial charge in [0.2, 0.25) is 5.91 Å². The summed E-state index contributed by atoms with van der Waals surface area (Å²) >= 11 is 0. The minimum Gasteiger partial charge on any atom is -0.480 e. The fraction of sp³-hybridized carbons (Fsp3) is 0.467. The predicted octanol–water partition coefficient (Wildman–Crippen LogP) is 2.11. The van der Waals surface area contributed by atoms with Crippen LogP contribution in [0.5, 0.6) is 0 Å². The number of carbonyl (C=O) groups excluding carboxylic acids is 1. The highest BCUT2D eigenvalue weighted by Gasteiger charge is 2.39. The van der Waals surface area contributed by atoms with Gasteiger partial charge in [0.1, 0.15) is 6.54 Å². The summed E-state index contributed by atoms with van der Waals surface area (Å²) in [7, 11) is 0. The number of rotatable bonds is 6. The summed E-state index contributed by atoms with van der Waals surface area (Å²) in [6, 6.07) is 9.68. The smallest absolute Gasteiger partial charge is 0.323 e. The second-order valence-electron chi connectivity index (χ2n) is 4.97. The van der Waals surface area contributed by atoms with Crippen LogP contribution in [0.2, 0.25) is 0 Å². The number of hydrogen-bond acceptors (Lipinski definition) is 2. The van der Waals surface area contributed by atoms with Crippen molar-refractivity contribution >= 4 is 11.9 Å². The number of likely N-dealkylation sites (N-methyl/N-ethyl adjacent to an activating group) is 1. The molecule has 1 aromatic carbocycles. The number of carboxylic acids is 1. The molecule has 1 aliphatic rings. The topological polar surface area (TPSA) is 57.6 Å². The molecule has 102 valence electrons. The average molecular weight is 261 g/mol. The number of carbonyl (C=O) groups is 2. The standard InChI is InChI=1S/C15H19NO3/c1-2-16(10-13(17)18)15(19)14(12-8-9-12)11-6-4-3-5-7-11/h3-7,12,14H,2,8-10H2,1H3,(H,17,18). The van der Waals surface area contributed by atoms with Gasteiger partial charge in [0.15, 0.2) is 0 Å². The van der Waals surface area contributed by atoms with Crippen molar-refractivity contribution in [3.05, 3.63) is 35.9 Å². The Kier molecular flexibility index (Phi) is 4.20. The summed E-state index contributed by atoms with van der Waals surface area (Å²) < 4.78 is 0. The Bertz CT molecular complexity index is 454. The van der Waals surface area contributed by atoms with E-state index < -0.39 is 5.97 Å². The van der Waals surface area contributed by atoms with E-state index in [9.17, 15) is 9.59 Å². The lowest BCUT2D eigenvalue weighted by molar-refractivity contribution is -0.145. The summed E-state index contributed by atoms with van der Waals surface area (Å²) in [6.45, 7) is 2.03. The van der Waals surface area contributed by atoms with E-state index in [2.05, 4.69) is 0 Å².